The molecule has 1 atom stereocenters. The molecule has 1 aliphatic carbocycles. The SMILES string of the molecule is CCOC(=O)C1=C2Nc3ccccc3SC2C(C(=O)OCC)=C1C(=O)OCC. The summed E-state index contributed by atoms with van der Waals surface area (Å²) < 4.78 is 15.5. The lowest BCUT2D eigenvalue weighted by Crippen LogP contribution is -2.24. The number of fused-ring (bicyclic) bond motifs is 2. The number of nitrogens with one attached hydrogen (secondary N) is 1. The van der Waals surface area contributed by atoms with E-state index in [0.717, 1.165) is 10.6 Å². The molecule has 0 spiro atoms. The Kier molecular flexibility index (Phi) is 6.08. The highest BCUT2D eigenvalue weighted by Crippen LogP contribution is 2.49. The second kappa shape index (κ2) is 8.52. The van der Waals surface area contributed by atoms with Crippen LogP contribution in [0.4, 0.5) is 5.69 Å². The molecule has 1 aliphatic heterocycles. The summed E-state index contributed by atoms with van der Waals surface area (Å²) in [6.07, 6.45) is 0. The largest absolute Gasteiger partial charge is 0.463 e. The van der Waals surface area contributed by atoms with E-state index in [1.807, 2.05) is 24.3 Å². The zero-order valence-electron chi connectivity index (χ0n) is 15.9. The van der Waals surface area contributed by atoms with Crippen molar-refractivity contribution in [3.8, 4) is 0 Å². The molecular weight excluding hydrogens is 382 g/mol. The van der Waals surface area contributed by atoms with Crippen LogP contribution >= 0.6 is 11.8 Å². The molecule has 8 heteroatoms. The van der Waals surface area contributed by atoms with Gasteiger partial charge in [0.05, 0.1) is 47.5 Å². The molecule has 148 valence electrons. The van der Waals surface area contributed by atoms with Crippen LogP contribution in [0.25, 0.3) is 0 Å². The molecule has 0 radical (unpaired) electrons. The Balaban J connectivity index is 2.20. The number of anilines is 1. The van der Waals surface area contributed by atoms with E-state index in [9.17, 15) is 14.4 Å². The van der Waals surface area contributed by atoms with Gasteiger partial charge in [0.15, 0.2) is 0 Å². The predicted octanol–water partition coefficient (Wildman–Crippen LogP) is 2.83. The zero-order chi connectivity index (χ0) is 20.3. The van der Waals surface area contributed by atoms with E-state index in [0.29, 0.717) is 5.70 Å². The number of hydrogen-bond acceptors (Lipinski definition) is 8. The van der Waals surface area contributed by atoms with Gasteiger partial charge >= 0.3 is 17.9 Å². The smallest absolute Gasteiger partial charge is 0.340 e. The van der Waals surface area contributed by atoms with Crippen molar-refractivity contribution < 1.29 is 28.6 Å². The van der Waals surface area contributed by atoms with E-state index < -0.39 is 23.2 Å². The number of esters is 3. The number of hydrogen-bond donors (Lipinski definition) is 1. The van der Waals surface area contributed by atoms with Gasteiger partial charge in [-0.3, -0.25) is 0 Å². The molecule has 2 aliphatic rings. The maximum atomic E-state index is 12.7. The summed E-state index contributed by atoms with van der Waals surface area (Å²) in [7, 11) is 0. The third-order valence-electron chi connectivity index (χ3n) is 4.17. The van der Waals surface area contributed by atoms with Crippen LogP contribution in [0.3, 0.4) is 0 Å². The average molecular weight is 403 g/mol. The molecule has 0 saturated carbocycles. The monoisotopic (exact) mass is 403 g/mol. The lowest BCUT2D eigenvalue weighted by atomic mass is 10.1. The van der Waals surface area contributed by atoms with E-state index in [1.165, 1.54) is 11.8 Å². The van der Waals surface area contributed by atoms with Gasteiger partial charge in [-0.25, -0.2) is 14.4 Å². The van der Waals surface area contributed by atoms with Gasteiger partial charge in [-0.2, -0.15) is 0 Å². The van der Waals surface area contributed by atoms with Crippen LogP contribution in [-0.2, 0) is 28.6 Å². The van der Waals surface area contributed by atoms with Crippen molar-refractivity contribution >= 4 is 35.4 Å². The van der Waals surface area contributed by atoms with Gasteiger partial charge in [0, 0.05) is 10.6 Å². The summed E-state index contributed by atoms with van der Waals surface area (Å²) in [5.41, 5.74) is 1.26. The number of carbonyl (C=O) groups is 3. The first-order chi connectivity index (χ1) is 13.5. The molecule has 0 bridgehead atoms. The van der Waals surface area contributed by atoms with E-state index in [1.54, 1.807) is 20.8 Å². The standard InChI is InChI=1S/C20H21NO6S/c1-4-25-18(22)13-14(19(23)26-5-2)16-17(15(13)20(24)27-6-3)28-12-10-8-7-9-11(12)21-16/h7-10,17,21H,4-6H2,1-3H3. The Morgan fingerprint density at radius 3 is 2.11 bits per heavy atom. The van der Waals surface area contributed by atoms with E-state index in [4.69, 9.17) is 14.2 Å². The molecule has 1 heterocycles. The first-order valence-corrected chi connectivity index (χ1v) is 9.94. The fourth-order valence-electron chi connectivity index (χ4n) is 3.12. The minimum Gasteiger partial charge on any atom is -0.463 e. The Morgan fingerprint density at radius 2 is 1.46 bits per heavy atom. The van der Waals surface area contributed by atoms with Gasteiger partial charge in [0.25, 0.3) is 0 Å². The molecule has 0 saturated heterocycles. The van der Waals surface area contributed by atoms with Crippen molar-refractivity contribution in [3.63, 3.8) is 0 Å². The lowest BCUT2D eigenvalue weighted by Gasteiger charge is -2.26. The van der Waals surface area contributed by atoms with Gasteiger partial charge in [-0.15, -0.1) is 11.8 Å². The van der Waals surface area contributed by atoms with Crippen molar-refractivity contribution in [3.05, 3.63) is 46.7 Å². The maximum Gasteiger partial charge on any atom is 0.340 e. The number of ether oxygens (including phenoxy) is 3. The third-order valence-corrected chi connectivity index (χ3v) is 5.49. The molecule has 7 nitrogen and oxygen atoms in total. The second-order valence-corrected chi connectivity index (χ2v) is 7.00. The van der Waals surface area contributed by atoms with Crippen LogP contribution < -0.4 is 5.32 Å². The van der Waals surface area contributed by atoms with Crippen LogP contribution in [0.1, 0.15) is 20.8 Å². The average Bonchev–Trinajstić information content (AvgIpc) is 3.01. The summed E-state index contributed by atoms with van der Waals surface area (Å²) in [6, 6.07) is 7.50. The molecule has 0 amide bonds. The van der Waals surface area contributed by atoms with Crippen molar-refractivity contribution in [2.45, 2.75) is 30.9 Å². The Bertz CT molecular complexity index is 888. The highest BCUT2D eigenvalue weighted by Gasteiger charge is 2.47. The summed E-state index contributed by atoms with van der Waals surface area (Å²) in [5.74, 6) is -2.08. The highest BCUT2D eigenvalue weighted by molar-refractivity contribution is 8.00. The summed E-state index contributed by atoms with van der Waals surface area (Å²) in [5, 5.41) is 2.61. The van der Waals surface area contributed by atoms with E-state index in [2.05, 4.69) is 5.32 Å². The maximum absolute atomic E-state index is 12.7. The first kappa shape index (κ1) is 20.0. The Hall–Kier alpha value is -2.74. The summed E-state index contributed by atoms with van der Waals surface area (Å²) in [6.45, 7) is 5.40. The fourth-order valence-corrected chi connectivity index (χ4v) is 4.40. The summed E-state index contributed by atoms with van der Waals surface area (Å²) in [4.78, 5) is 39.1. The Morgan fingerprint density at radius 1 is 0.893 bits per heavy atom. The van der Waals surface area contributed by atoms with Crippen molar-refractivity contribution in [1.29, 1.82) is 0 Å². The van der Waals surface area contributed by atoms with Gasteiger partial charge in [0.2, 0.25) is 0 Å². The molecule has 28 heavy (non-hydrogen) atoms. The zero-order valence-corrected chi connectivity index (χ0v) is 16.7. The number of rotatable bonds is 6. The molecule has 3 rings (SSSR count). The molecule has 0 aromatic heterocycles. The van der Waals surface area contributed by atoms with Crippen LogP contribution in [-0.4, -0.2) is 43.0 Å². The first-order valence-electron chi connectivity index (χ1n) is 9.06. The molecule has 1 aromatic rings. The molecular formula is C20H21NO6S. The third kappa shape index (κ3) is 3.52. The van der Waals surface area contributed by atoms with Gasteiger partial charge in [-0.05, 0) is 32.9 Å². The fraction of sp³-hybridized carbons (Fsp3) is 0.350. The van der Waals surface area contributed by atoms with Crippen LogP contribution in [0, 0.1) is 0 Å². The topological polar surface area (TPSA) is 90.9 Å². The minimum absolute atomic E-state index is 0.0235. The van der Waals surface area contributed by atoms with Crippen molar-refractivity contribution in [1.82, 2.24) is 0 Å². The number of benzene rings is 1. The molecule has 1 unspecified atom stereocenters. The van der Waals surface area contributed by atoms with Gasteiger partial charge in [0.1, 0.15) is 0 Å². The van der Waals surface area contributed by atoms with E-state index in [-0.39, 0.29) is 36.5 Å². The second-order valence-electron chi connectivity index (χ2n) is 5.86. The van der Waals surface area contributed by atoms with Crippen LogP contribution in [0.15, 0.2) is 51.6 Å². The summed E-state index contributed by atoms with van der Waals surface area (Å²) >= 11 is 1.37. The minimum atomic E-state index is -0.748. The molecule has 1 N–H and O–H groups in total. The Labute approximate surface area is 167 Å². The lowest BCUT2D eigenvalue weighted by molar-refractivity contribution is -0.143. The normalized spacial score (nSPS) is 17.5. The van der Waals surface area contributed by atoms with Gasteiger partial charge in [-0.1, -0.05) is 12.1 Å². The number of carbonyl (C=O) groups excluding carboxylic acids is 3. The van der Waals surface area contributed by atoms with Crippen molar-refractivity contribution in [2.24, 2.45) is 0 Å². The molecule has 0 fully saturated rings. The number of thioether (sulfide) groups is 1. The van der Waals surface area contributed by atoms with Gasteiger partial charge < -0.3 is 19.5 Å². The molecule has 1 aromatic carbocycles. The van der Waals surface area contributed by atoms with Crippen LogP contribution in [0.2, 0.25) is 0 Å². The predicted molar refractivity (Wildman–Crippen MR) is 104 cm³/mol. The van der Waals surface area contributed by atoms with Crippen molar-refractivity contribution in [2.75, 3.05) is 25.1 Å². The highest BCUT2D eigenvalue weighted by atomic mass is 32.2. The van der Waals surface area contributed by atoms with E-state index >= 15 is 0 Å². The van der Waals surface area contributed by atoms with Crippen LogP contribution in [0.5, 0.6) is 0 Å². The number of para-hydroxylation sites is 1. The quantitative estimate of drug-likeness (QED) is 0.573.